The lowest BCUT2D eigenvalue weighted by molar-refractivity contribution is -0.143. The van der Waals surface area contributed by atoms with Crippen molar-refractivity contribution >= 4 is 5.97 Å². The van der Waals surface area contributed by atoms with Crippen molar-refractivity contribution < 1.29 is 14.3 Å². The minimum absolute atomic E-state index is 0.275. The van der Waals surface area contributed by atoms with Crippen LogP contribution in [-0.4, -0.2) is 16.1 Å². The second kappa shape index (κ2) is 2.85. The maximum Gasteiger partial charge on any atom is 0.329 e. The van der Waals surface area contributed by atoms with Crippen molar-refractivity contribution in [2.24, 2.45) is 5.73 Å². The van der Waals surface area contributed by atoms with E-state index in [1.165, 1.54) is 6.92 Å². The molecule has 13 heavy (non-hydrogen) atoms. The second-order valence-corrected chi connectivity index (χ2v) is 3.15. The van der Waals surface area contributed by atoms with Crippen LogP contribution in [0, 0.1) is 13.8 Å². The summed E-state index contributed by atoms with van der Waals surface area (Å²) in [5.41, 5.74) is 4.36. The lowest BCUT2D eigenvalue weighted by Gasteiger charge is -2.16. The molecule has 0 bridgehead atoms. The molecule has 1 heterocycles. The van der Waals surface area contributed by atoms with Crippen LogP contribution in [0.5, 0.6) is 0 Å². The fourth-order valence-corrected chi connectivity index (χ4v) is 1.11. The summed E-state index contributed by atoms with van der Waals surface area (Å²) in [6, 6.07) is 0. The molecule has 1 aromatic rings. The van der Waals surface area contributed by atoms with Gasteiger partial charge in [0.1, 0.15) is 11.5 Å². The number of aliphatic carboxylic acids is 1. The van der Waals surface area contributed by atoms with Crippen LogP contribution in [0.1, 0.15) is 24.3 Å². The topological polar surface area (TPSA) is 89.3 Å². The Balaban J connectivity index is 3.21. The molecule has 0 aliphatic carbocycles. The Kier molecular flexibility index (Phi) is 2.13. The molecule has 3 N–H and O–H groups in total. The molecular weight excluding hydrogens is 172 g/mol. The molecule has 1 aromatic heterocycles. The molecule has 0 aliphatic rings. The van der Waals surface area contributed by atoms with Gasteiger partial charge in [0.2, 0.25) is 0 Å². The summed E-state index contributed by atoms with van der Waals surface area (Å²) in [5, 5.41) is 8.82. The van der Waals surface area contributed by atoms with Crippen LogP contribution in [0.15, 0.2) is 4.42 Å². The van der Waals surface area contributed by atoms with Crippen molar-refractivity contribution in [3.05, 3.63) is 17.3 Å². The van der Waals surface area contributed by atoms with E-state index in [1.54, 1.807) is 13.8 Å². The number of hydrogen-bond acceptors (Lipinski definition) is 4. The van der Waals surface area contributed by atoms with Gasteiger partial charge < -0.3 is 15.3 Å². The molecule has 5 nitrogen and oxygen atoms in total. The van der Waals surface area contributed by atoms with E-state index in [4.69, 9.17) is 15.3 Å². The molecule has 0 radical (unpaired) electrons. The summed E-state index contributed by atoms with van der Waals surface area (Å²) in [6.07, 6.45) is 0. The Hall–Kier alpha value is -1.36. The van der Waals surface area contributed by atoms with Crippen molar-refractivity contribution in [2.75, 3.05) is 0 Å². The molecule has 72 valence electrons. The van der Waals surface area contributed by atoms with E-state index in [0.29, 0.717) is 11.7 Å². The Labute approximate surface area is 75.6 Å². The van der Waals surface area contributed by atoms with Crippen LogP contribution in [-0.2, 0) is 10.3 Å². The summed E-state index contributed by atoms with van der Waals surface area (Å²) in [4.78, 5) is 14.7. The number of carboxylic acids is 1. The third kappa shape index (κ3) is 1.55. The van der Waals surface area contributed by atoms with Crippen molar-refractivity contribution in [3.8, 4) is 0 Å². The minimum atomic E-state index is -1.48. The van der Waals surface area contributed by atoms with Gasteiger partial charge in [-0.3, -0.25) is 0 Å². The van der Waals surface area contributed by atoms with Gasteiger partial charge in [-0.05, 0) is 13.8 Å². The van der Waals surface area contributed by atoms with E-state index in [0.717, 1.165) is 0 Å². The number of rotatable bonds is 2. The van der Waals surface area contributed by atoms with Crippen LogP contribution >= 0.6 is 0 Å². The number of nitrogens with zero attached hydrogens (tertiary/aromatic N) is 1. The zero-order valence-corrected chi connectivity index (χ0v) is 7.79. The average molecular weight is 184 g/mol. The first-order valence-corrected chi connectivity index (χ1v) is 3.82. The SMILES string of the molecule is Cc1nc(C(C)(N)C(=O)O)c(C)o1. The van der Waals surface area contributed by atoms with Gasteiger partial charge in [0.05, 0.1) is 0 Å². The smallest absolute Gasteiger partial charge is 0.329 e. The number of aromatic nitrogens is 1. The zero-order chi connectivity index (χ0) is 10.2. The van der Waals surface area contributed by atoms with Crippen molar-refractivity contribution in [3.63, 3.8) is 0 Å². The molecule has 0 aromatic carbocycles. The summed E-state index contributed by atoms with van der Waals surface area (Å²) in [5.74, 6) is -0.251. The number of carbonyl (C=O) groups is 1. The first-order valence-electron chi connectivity index (χ1n) is 3.82. The third-order valence-corrected chi connectivity index (χ3v) is 1.84. The summed E-state index contributed by atoms with van der Waals surface area (Å²) < 4.78 is 5.10. The molecule has 1 rings (SSSR count). The Morgan fingerprint density at radius 1 is 1.62 bits per heavy atom. The monoisotopic (exact) mass is 184 g/mol. The standard InChI is InChI=1S/C8H12N2O3/c1-4-6(10-5(2)13-4)8(3,9)7(11)12/h9H2,1-3H3,(H,11,12). The van der Waals surface area contributed by atoms with Crippen molar-refractivity contribution in [2.45, 2.75) is 26.3 Å². The van der Waals surface area contributed by atoms with Gasteiger partial charge in [0.25, 0.3) is 0 Å². The molecule has 0 fully saturated rings. The highest BCUT2D eigenvalue weighted by Crippen LogP contribution is 2.21. The number of aryl methyl sites for hydroxylation is 2. The molecule has 5 heteroatoms. The predicted molar refractivity (Wildman–Crippen MR) is 45.2 cm³/mol. The van der Waals surface area contributed by atoms with E-state index >= 15 is 0 Å². The quantitative estimate of drug-likeness (QED) is 0.700. The molecule has 0 amide bonds. The first kappa shape index (κ1) is 9.73. The van der Waals surface area contributed by atoms with Crippen LogP contribution in [0.2, 0.25) is 0 Å². The largest absolute Gasteiger partial charge is 0.480 e. The number of oxazole rings is 1. The Morgan fingerprint density at radius 3 is 2.46 bits per heavy atom. The van der Waals surface area contributed by atoms with Crippen LogP contribution in [0.25, 0.3) is 0 Å². The van der Waals surface area contributed by atoms with E-state index in [9.17, 15) is 4.79 Å². The molecule has 0 saturated carbocycles. The number of nitrogens with two attached hydrogens (primary N) is 1. The van der Waals surface area contributed by atoms with Crippen LogP contribution < -0.4 is 5.73 Å². The molecule has 0 spiro atoms. The zero-order valence-electron chi connectivity index (χ0n) is 7.79. The number of carboxylic acid groups (broad SMARTS) is 1. The average Bonchev–Trinajstić information content (AvgIpc) is 2.30. The van der Waals surface area contributed by atoms with Gasteiger partial charge in [-0.2, -0.15) is 0 Å². The van der Waals surface area contributed by atoms with E-state index in [-0.39, 0.29) is 5.69 Å². The highest BCUT2D eigenvalue weighted by Gasteiger charge is 2.35. The minimum Gasteiger partial charge on any atom is -0.480 e. The third-order valence-electron chi connectivity index (χ3n) is 1.84. The van der Waals surface area contributed by atoms with Gasteiger partial charge in [-0.25, -0.2) is 9.78 Å². The molecular formula is C8H12N2O3. The highest BCUT2D eigenvalue weighted by molar-refractivity contribution is 5.79. The molecule has 0 aliphatic heterocycles. The van der Waals surface area contributed by atoms with Crippen LogP contribution in [0.4, 0.5) is 0 Å². The highest BCUT2D eigenvalue weighted by atomic mass is 16.4. The fraction of sp³-hybridized carbons (Fsp3) is 0.500. The summed E-state index contributed by atoms with van der Waals surface area (Å²) >= 11 is 0. The molecule has 1 unspecified atom stereocenters. The second-order valence-electron chi connectivity index (χ2n) is 3.15. The lowest BCUT2D eigenvalue weighted by atomic mass is 9.99. The Morgan fingerprint density at radius 2 is 2.15 bits per heavy atom. The fourth-order valence-electron chi connectivity index (χ4n) is 1.11. The van der Waals surface area contributed by atoms with Gasteiger partial charge in [0, 0.05) is 6.92 Å². The number of hydrogen-bond donors (Lipinski definition) is 2. The summed E-state index contributed by atoms with van der Waals surface area (Å²) in [6.45, 7) is 4.68. The van der Waals surface area contributed by atoms with Crippen molar-refractivity contribution in [1.82, 2.24) is 4.98 Å². The maximum absolute atomic E-state index is 10.8. The maximum atomic E-state index is 10.8. The lowest BCUT2D eigenvalue weighted by Crippen LogP contribution is -2.42. The van der Waals surface area contributed by atoms with Gasteiger partial charge in [-0.15, -0.1) is 0 Å². The van der Waals surface area contributed by atoms with Gasteiger partial charge in [-0.1, -0.05) is 0 Å². The molecule has 0 saturated heterocycles. The van der Waals surface area contributed by atoms with Gasteiger partial charge in [0.15, 0.2) is 11.4 Å². The normalized spacial score (nSPS) is 15.4. The van der Waals surface area contributed by atoms with Gasteiger partial charge >= 0.3 is 5.97 Å². The molecule has 1 atom stereocenters. The predicted octanol–water partition coefficient (Wildman–Crippen LogP) is 0.550. The van der Waals surface area contributed by atoms with E-state index < -0.39 is 11.5 Å². The van der Waals surface area contributed by atoms with E-state index in [2.05, 4.69) is 4.98 Å². The Bertz CT molecular complexity index is 341. The van der Waals surface area contributed by atoms with E-state index in [1.807, 2.05) is 0 Å². The van der Waals surface area contributed by atoms with Crippen molar-refractivity contribution in [1.29, 1.82) is 0 Å². The van der Waals surface area contributed by atoms with Crippen LogP contribution in [0.3, 0.4) is 0 Å². The summed E-state index contributed by atoms with van der Waals surface area (Å²) in [7, 11) is 0. The first-order chi connectivity index (χ1) is 5.85.